The lowest BCUT2D eigenvalue weighted by Gasteiger charge is -2.50. The molecule has 1 aromatic rings. The van der Waals surface area contributed by atoms with Gasteiger partial charge in [0.25, 0.3) is 0 Å². The fourth-order valence-electron chi connectivity index (χ4n) is 5.85. The number of para-hydroxylation sites is 1. The van der Waals surface area contributed by atoms with Gasteiger partial charge < -0.3 is 14.7 Å². The van der Waals surface area contributed by atoms with Gasteiger partial charge in [-0.05, 0) is 77.6 Å². The summed E-state index contributed by atoms with van der Waals surface area (Å²) in [6.45, 7) is 13.4. The average Bonchev–Trinajstić information content (AvgIpc) is 2.80. The number of likely N-dealkylation sites (tertiary alicyclic amines) is 2. The predicted octanol–water partition coefficient (Wildman–Crippen LogP) is 4.58. The maximum absolute atomic E-state index is 12.1. The standard InChI is InChI=1S/C26H38N4O/c1-5-20(2)27-21(3)28-15-10-23(11-16-28)29-17-12-26(13-18-29)14-19-30(22(4)31)25-9-7-6-8-24(25)26/h5-9,23H,10-19H2,1-4H3/b20-5-,27-21?. The Balaban J connectivity index is 1.38. The lowest BCUT2D eigenvalue weighted by atomic mass is 9.67. The van der Waals surface area contributed by atoms with Crippen molar-refractivity contribution < 1.29 is 4.79 Å². The summed E-state index contributed by atoms with van der Waals surface area (Å²) < 4.78 is 0. The molecule has 0 N–H and O–H groups in total. The van der Waals surface area contributed by atoms with Gasteiger partial charge in [-0.1, -0.05) is 24.3 Å². The van der Waals surface area contributed by atoms with E-state index in [2.05, 4.69) is 54.0 Å². The van der Waals surface area contributed by atoms with E-state index in [1.807, 2.05) is 11.8 Å². The number of hydrogen-bond donors (Lipinski definition) is 0. The van der Waals surface area contributed by atoms with Gasteiger partial charge in [0.1, 0.15) is 5.84 Å². The van der Waals surface area contributed by atoms with Crippen molar-refractivity contribution in [2.75, 3.05) is 37.6 Å². The summed E-state index contributed by atoms with van der Waals surface area (Å²) in [7, 11) is 0. The lowest BCUT2D eigenvalue weighted by Crippen LogP contribution is -2.53. The molecule has 4 rings (SSSR count). The third kappa shape index (κ3) is 4.43. The van der Waals surface area contributed by atoms with E-state index in [0.29, 0.717) is 6.04 Å². The van der Waals surface area contributed by atoms with Crippen LogP contribution >= 0.6 is 0 Å². The van der Waals surface area contributed by atoms with E-state index in [9.17, 15) is 4.79 Å². The van der Waals surface area contributed by atoms with Gasteiger partial charge in [0.15, 0.2) is 0 Å². The summed E-state index contributed by atoms with van der Waals surface area (Å²) in [6, 6.07) is 9.31. The zero-order chi connectivity index (χ0) is 22.0. The number of carbonyl (C=O) groups is 1. The molecule has 0 aromatic heterocycles. The van der Waals surface area contributed by atoms with Crippen LogP contribution in [0.2, 0.25) is 0 Å². The van der Waals surface area contributed by atoms with Crippen LogP contribution in [0.4, 0.5) is 5.69 Å². The zero-order valence-corrected chi connectivity index (χ0v) is 19.7. The predicted molar refractivity (Wildman–Crippen MR) is 129 cm³/mol. The van der Waals surface area contributed by atoms with Crippen molar-refractivity contribution in [2.24, 2.45) is 4.99 Å². The molecule has 2 fully saturated rings. The number of nitrogens with zero attached hydrogens (tertiary/aromatic N) is 4. The maximum atomic E-state index is 12.1. The number of allylic oxidation sites excluding steroid dienone is 2. The second-order valence-corrected chi connectivity index (χ2v) is 9.56. The van der Waals surface area contributed by atoms with Gasteiger partial charge in [-0.25, -0.2) is 4.99 Å². The number of amides is 1. The number of fused-ring (bicyclic) bond motifs is 2. The Kier molecular flexibility index (Phi) is 6.52. The molecule has 0 radical (unpaired) electrons. The smallest absolute Gasteiger partial charge is 0.223 e. The van der Waals surface area contributed by atoms with Crippen LogP contribution in [0.5, 0.6) is 0 Å². The van der Waals surface area contributed by atoms with Crippen LogP contribution in [0.25, 0.3) is 0 Å². The van der Waals surface area contributed by atoms with E-state index in [1.165, 1.54) is 44.3 Å². The summed E-state index contributed by atoms with van der Waals surface area (Å²) in [5.74, 6) is 1.32. The van der Waals surface area contributed by atoms with Crippen LogP contribution in [-0.4, -0.2) is 60.3 Å². The molecule has 0 unspecified atom stereocenters. The van der Waals surface area contributed by atoms with Gasteiger partial charge in [-0.2, -0.15) is 0 Å². The number of aliphatic imine (C=N–C) groups is 1. The third-order valence-electron chi connectivity index (χ3n) is 7.91. The molecule has 3 aliphatic heterocycles. The van der Waals surface area contributed by atoms with Crippen LogP contribution in [0.15, 0.2) is 41.0 Å². The molecule has 2 saturated heterocycles. The van der Waals surface area contributed by atoms with Crippen molar-refractivity contribution in [1.29, 1.82) is 0 Å². The van der Waals surface area contributed by atoms with Crippen LogP contribution < -0.4 is 4.90 Å². The number of hydrogen-bond acceptors (Lipinski definition) is 3. The molecule has 31 heavy (non-hydrogen) atoms. The molecular formula is C26H38N4O. The van der Waals surface area contributed by atoms with E-state index in [1.54, 1.807) is 6.92 Å². The fourth-order valence-corrected chi connectivity index (χ4v) is 5.85. The minimum Gasteiger partial charge on any atom is -0.360 e. The van der Waals surface area contributed by atoms with Crippen molar-refractivity contribution >= 4 is 17.4 Å². The summed E-state index contributed by atoms with van der Waals surface area (Å²) >= 11 is 0. The SMILES string of the molecule is C/C=C(/C)N=C(C)N1CCC(N2CCC3(CCN(C(C)=O)c4ccccc43)CC2)CC1. The lowest BCUT2D eigenvalue weighted by molar-refractivity contribution is -0.116. The molecule has 0 saturated carbocycles. The molecule has 5 nitrogen and oxygen atoms in total. The molecular weight excluding hydrogens is 384 g/mol. The van der Waals surface area contributed by atoms with E-state index < -0.39 is 0 Å². The van der Waals surface area contributed by atoms with Crippen molar-refractivity contribution in [1.82, 2.24) is 9.80 Å². The minimum atomic E-state index is 0.162. The van der Waals surface area contributed by atoms with Gasteiger partial charge in [0.2, 0.25) is 5.91 Å². The maximum Gasteiger partial charge on any atom is 0.223 e. The van der Waals surface area contributed by atoms with E-state index in [4.69, 9.17) is 4.99 Å². The van der Waals surface area contributed by atoms with Crippen LogP contribution in [-0.2, 0) is 10.2 Å². The molecule has 0 aliphatic carbocycles. The highest BCUT2D eigenvalue weighted by atomic mass is 16.2. The van der Waals surface area contributed by atoms with Gasteiger partial charge in [-0.15, -0.1) is 0 Å². The Hall–Kier alpha value is -2.14. The highest BCUT2D eigenvalue weighted by Gasteiger charge is 2.43. The molecule has 3 aliphatic rings. The first-order chi connectivity index (χ1) is 14.9. The first-order valence-corrected chi connectivity index (χ1v) is 12.0. The summed E-state index contributed by atoms with van der Waals surface area (Å²) in [5, 5.41) is 0. The average molecular weight is 423 g/mol. The molecule has 5 heteroatoms. The van der Waals surface area contributed by atoms with Crippen molar-refractivity contribution in [3.05, 3.63) is 41.6 Å². The molecule has 1 spiro atoms. The van der Waals surface area contributed by atoms with Crippen molar-refractivity contribution in [2.45, 2.75) is 71.3 Å². The Bertz CT molecular complexity index is 858. The summed E-state index contributed by atoms with van der Waals surface area (Å²) in [6.07, 6.45) is 8.02. The Labute approximate surface area is 187 Å². The van der Waals surface area contributed by atoms with E-state index in [0.717, 1.165) is 43.3 Å². The normalized spacial score (nSPS) is 23.2. The van der Waals surface area contributed by atoms with Crippen LogP contribution in [0.1, 0.15) is 65.4 Å². The topological polar surface area (TPSA) is 39.1 Å². The zero-order valence-electron chi connectivity index (χ0n) is 19.7. The highest BCUT2D eigenvalue weighted by molar-refractivity contribution is 5.93. The third-order valence-corrected chi connectivity index (χ3v) is 7.91. The van der Waals surface area contributed by atoms with E-state index >= 15 is 0 Å². The molecule has 168 valence electrons. The van der Waals surface area contributed by atoms with E-state index in [-0.39, 0.29) is 11.3 Å². The monoisotopic (exact) mass is 422 g/mol. The van der Waals surface area contributed by atoms with Crippen LogP contribution in [0.3, 0.4) is 0 Å². The van der Waals surface area contributed by atoms with Crippen LogP contribution in [0, 0.1) is 0 Å². The summed E-state index contributed by atoms with van der Waals surface area (Å²) in [4.78, 5) is 24.0. The number of benzene rings is 1. The van der Waals surface area contributed by atoms with Gasteiger partial charge >= 0.3 is 0 Å². The van der Waals surface area contributed by atoms with Crippen molar-refractivity contribution in [3.8, 4) is 0 Å². The number of rotatable bonds is 2. The highest BCUT2D eigenvalue weighted by Crippen LogP contribution is 2.47. The van der Waals surface area contributed by atoms with Gasteiger partial charge in [-0.3, -0.25) is 4.79 Å². The first-order valence-electron chi connectivity index (χ1n) is 12.0. The molecule has 0 atom stereocenters. The van der Waals surface area contributed by atoms with Gasteiger partial charge in [0.05, 0.1) is 0 Å². The number of carbonyl (C=O) groups excluding carboxylic acids is 1. The second kappa shape index (κ2) is 9.15. The molecule has 1 aromatic carbocycles. The Morgan fingerprint density at radius 2 is 1.65 bits per heavy atom. The number of anilines is 1. The van der Waals surface area contributed by atoms with Crippen molar-refractivity contribution in [3.63, 3.8) is 0 Å². The summed E-state index contributed by atoms with van der Waals surface area (Å²) in [5.41, 5.74) is 3.89. The Morgan fingerprint density at radius 3 is 2.29 bits per heavy atom. The molecule has 3 heterocycles. The van der Waals surface area contributed by atoms with Gasteiger partial charge in [0, 0.05) is 49.4 Å². The molecule has 1 amide bonds. The minimum absolute atomic E-state index is 0.162. The quantitative estimate of drug-likeness (QED) is 0.517. The second-order valence-electron chi connectivity index (χ2n) is 9.56. The number of piperidine rings is 2. The Morgan fingerprint density at radius 1 is 1.00 bits per heavy atom. The fraction of sp³-hybridized carbons (Fsp3) is 0.615. The number of amidine groups is 1. The first kappa shape index (κ1) is 22.1. The molecule has 0 bridgehead atoms. The largest absolute Gasteiger partial charge is 0.360 e.